The molecule has 0 saturated heterocycles. The molecule has 0 fully saturated rings. The van der Waals surface area contributed by atoms with Gasteiger partial charge in [0.15, 0.2) is 0 Å². The number of nitrogens with zero attached hydrogens (tertiary/aromatic N) is 5. The number of fused-ring (bicyclic) bond motifs is 1. The maximum Gasteiger partial charge on any atom is 0.347 e. The van der Waals surface area contributed by atoms with Gasteiger partial charge in [-0.15, -0.1) is 0 Å². The normalized spacial score (nSPS) is 11.0. The molecule has 3 aromatic heterocycles. The van der Waals surface area contributed by atoms with E-state index in [2.05, 4.69) is 9.97 Å². The summed E-state index contributed by atoms with van der Waals surface area (Å²) in [5, 5.41) is 11.0. The summed E-state index contributed by atoms with van der Waals surface area (Å²) in [7, 11) is 0. The summed E-state index contributed by atoms with van der Waals surface area (Å²) in [6.07, 6.45) is 8.24. The van der Waals surface area contributed by atoms with Gasteiger partial charge in [-0.2, -0.15) is 4.40 Å². The van der Waals surface area contributed by atoms with Gasteiger partial charge in [0, 0.05) is 23.6 Å². The molecule has 0 saturated carbocycles. The molecule has 0 spiro atoms. The average molecular weight is 305 g/mol. The fourth-order valence-electron chi connectivity index (χ4n) is 2.58. The van der Waals surface area contributed by atoms with E-state index in [1.165, 1.54) is 10.6 Å². The quantitative estimate of drug-likeness (QED) is 0.430. The highest BCUT2D eigenvalue weighted by Crippen LogP contribution is 2.27. The summed E-state index contributed by atoms with van der Waals surface area (Å²) in [6, 6.07) is 11.5. The van der Waals surface area contributed by atoms with Crippen molar-refractivity contribution >= 4 is 11.5 Å². The molecule has 7 heteroatoms. The average Bonchev–Trinajstić information content (AvgIpc) is 3.24. The third-order valence-corrected chi connectivity index (χ3v) is 3.68. The number of hydrogen-bond acceptors (Lipinski definition) is 4. The van der Waals surface area contributed by atoms with Crippen LogP contribution in [-0.2, 0) is 0 Å². The highest BCUT2D eigenvalue weighted by Gasteiger charge is 2.17. The van der Waals surface area contributed by atoms with Gasteiger partial charge in [0.05, 0.1) is 12.5 Å². The Bertz CT molecular complexity index is 987. The molecule has 0 aliphatic rings. The topological polar surface area (TPSA) is 78.3 Å². The van der Waals surface area contributed by atoms with Gasteiger partial charge in [-0.3, -0.25) is 0 Å². The number of imidazole rings is 2. The Morgan fingerprint density at radius 3 is 2.61 bits per heavy atom. The number of nitro groups is 1. The first-order valence-corrected chi connectivity index (χ1v) is 6.93. The molecule has 0 radical (unpaired) electrons. The van der Waals surface area contributed by atoms with E-state index < -0.39 is 4.92 Å². The molecule has 4 rings (SSSR count). The summed E-state index contributed by atoms with van der Waals surface area (Å²) < 4.78 is 3.39. The minimum Gasteiger partial charge on any atom is -0.358 e. The SMILES string of the molecule is O=[N+]([O-])c1cnc2c(-c3ccc(-n4ccnc4)cc3)cccn12. The van der Waals surface area contributed by atoms with E-state index in [1.807, 2.05) is 41.1 Å². The predicted octanol–water partition coefficient (Wildman–Crippen LogP) is 3.10. The molecule has 0 amide bonds. The van der Waals surface area contributed by atoms with Crippen LogP contribution in [0.2, 0.25) is 0 Å². The van der Waals surface area contributed by atoms with Crippen LogP contribution in [0.5, 0.6) is 0 Å². The van der Waals surface area contributed by atoms with E-state index in [9.17, 15) is 10.1 Å². The van der Waals surface area contributed by atoms with E-state index in [1.54, 1.807) is 24.8 Å². The Morgan fingerprint density at radius 2 is 1.91 bits per heavy atom. The lowest BCUT2D eigenvalue weighted by molar-refractivity contribution is -0.390. The highest BCUT2D eigenvalue weighted by atomic mass is 16.6. The zero-order chi connectivity index (χ0) is 15.8. The van der Waals surface area contributed by atoms with Gasteiger partial charge >= 0.3 is 5.82 Å². The number of pyridine rings is 1. The van der Waals surface area contributed by atoms with Crippen LogP contribution in [-0.4, -0.2) is 23.9 Å². The zero-order valence-corrected chi connectivity index (χ0v) is 11.9. The van der Waals surface area contributed by atoms with E-state index in [4.69, 9.17) is 0 Å². The van der Waals surface area contributed by atoms with Gasteiger partial charge in [0.2, 0.25) is 5.65 Å². The zero-order valence-electron chi connectivity index (χ0n) is 11.9. The maximum atomic E-state index is 11.0. The second kappa shape index (κ2) is 5.06. The van der Waals surface area contributed by atoms with Crippen molar-refractivity contribution in [3.63, 3.8) is 0 Å². The first-order chi connectivity index (χ1) is 11.2. The number of hydrogen-bond donors (Lipinski definition) is 0. The summed E-state index contributed by atoms with van der Waals surface area (Å²) in [4.78, 5) is 18.8. The standard InChI is InChI=1S/C16H11N5O2/c22-21(23)15-10-18-16-14(2-1-8-20(15)16)12-3-5-13(6-4-12)19-9-7-17-11-19/h1-11H. The minimum atomic E-state index is -0.439. The molecule has 7 nitrogen and oxygen atoms in total. The van der Waals surface area contributed by atoms with Crippen LogP contribution < -0.4 is 0 Å². The van der Waals surface area contributed by atoms with E-state index in [-0.39, 0.29) is 5.82 Å². The summed E-state index contributed by atoms with van der Waals surface area (Å²) in [6.45, 7) is 0. The molecule has 0 aliphatic heterocycles. The second-order valence-electron chi connectivity index (χ2n) is 5.01. The summed E-state index contributed by atoms with van der Waals surface area (Å²) >= 11 is 0. The van der Waals surface area contributed by atoms with E-state index >= 15 is 0 Å². The third-order valence-electron chi connectivity index (χ3n) is 3.68. The Balaban J connectivity index is 1.81. The van der Waals surface area contributed by atoms with Gasteiger partial charge in [0.25, 0.3) is 0 Å². The van der Waals surface area contributed by atoms with Crippen molar-refractivity contribution in [2.24, 2.45) is 0 Å². The van der Waals surface area contributed by atoms with Crippen LogP contribution in [0.25, 0.3) is 22.5 Å². The lowest BCUT2D eigenvalue weighted by Crippen LogP contribution is -1.95. The minimum absolute atomic E-state index is 0.0446. The first kappa shape index (κ1) is 13.2. The van der Waals surface area contributed by atoms with Crippen molar-refractivity contribution in [3.8, 4) is 16.8 Å². The van der Waals surface area contributed by atoms with Crippen LogP contribution in [0.3, 0.4) is 0 Å². The smallest absolute Gasteiger partial charge is 0.347 e. The molecule has 23 heavy (non-hydrogen) atoms. The van der Waals surface area contributed by atoms with Crippen molar-refractivity contribution in [2.45, 2.75) is 0 Å². The van der Waals surface area contributed by atoms with E-state index in [0.717, 1.165) is 16.8 Å². The van der Waals surface area contributed by atoms with Gasteiger partial charge in [-0.1, -0.05) is 12.1 Å². The van der Waals surface area contributed by atoms with Gasteiger partial charge in [-0.25, -0.2) is 9.97 Å². The van der Waals surface area contributed by atoms with Crippen molar-refractivity contribution in [2.75, 3.05) is 0 Å². The molecule has 112 valence electrons. The highest BCUT2D eigenvalue weighted by molar-refractivity contribution is 5.78. The molecule has 0 aliphatic carbocycles. The fraction of sp³-hybridized carbons (Fsp3) is 0. The van der Waals surface area contributed by atoms with Crippen molar-refractivity contribution < 1.29 is 4.92 Å². The molecule has 4 aromatic rings. The first-order valence-electron chi connectivity index (χ1n) is 6.93. The van der Waals surface area contributed by atoms with E-state index in [0.29, 0.717) is 5.65 Å². The van der Waals surface area contributed by atoms with Crippen molar-refractivity contribution in [1.82, 2.24) is 18.9 Å². The largest absolute Gasteiger partial charge is 0.358 e. The maximum absolute atomic E-state index is 11.0. The molecule has 3 heterocycles. The molecule has 0 unspecified atom stereocenters. The molecule has 0 atom stereocenters. The summed E-state index contributed by atoms with van der Waals surface area (Å²) in [5.41, 5.74) is 3.35. The van der Waals surface area contributed by atoms with Gasteiger partial charge in [-0.05, 0) is 34.8 Å². The van der Waals surface area contributed by atoms with Crippen molar-refractivity contribution in [3.05, 3.63) is 77.6 Å². The Morgan fingerprint density at radius 1 is 1.09 bits per heavy atom. The predicted molar refractivity (Wildman–Crippen MR) is 84.4 cm³/mol. The number of benzene rings is 1. The van der Waals surface area contributed by atoms with Gasteiger partial charge in [0.1, 0.15) is 6.20 Å². The number of rotatable bonds is 3. The molecule has 0 bridgehead atoms. The van der Waals surface area contributed by atoms with Crippen LogP contribution in [0, 0.1) is 10.1 Å². The Hall–Kier alpha value is -3.48. The third kappa shape index (κ3) is 2.15. The van der Waals surface area contributed by atoms with Crippen LogP contribution in [0.15, 0.2) is 67.5 Å². The van der Waals surface area contributed by atoms with Gasteiger partial charge < -0.3 is 14.7 Å². The Kier molecular flexibility index (Phi) is 2.90. The molecular weight excluding hydrogens is 294 g/mol. The molecule has 0 N–H and O–H groups in total. The monoisotopic (exact) mass is 305 g/mol. The molecule has 1 aromatic carbocycles. The fourth-order valence-corrected chi connectivity index (χ4v) is 2.58. The summed E-state index contributed by atoms with van der Waals surface area (Å²) in [5.74, 6) is -0.0446. The Labute approximate surface area is 130 Å². The molecular formula is C16H11N5O2. The van der Waals surface area contributed by atoms with Crippen LogP contribution in [0.4, 0.5) is 5.82 Å². The number of aromatic nitrogens is 4. The van der Waals surface area contributed by atoms with Crippen molar-refractivity contribution in [1.29, 1.82) is 0 Å². The van der Waals surface area contributed by atoms with Crippen LogP contribution in [0.1, 0.15) is 0 Å². The lowest BCUT2D eigenvalue weighted by atomic mass is 10.1. The second-order valence-corrected chi connectivity index (χ2v) is 5.01. The lowest BCUT2D eigenvalue weighted by Gasteiger charge is -2.05. The van der Waals surface area contributed by atoms with Crippen LogP contribution >= 0.6 is 0 Å².